The van der Waals surface area contributed by atoms with Gasteiger partial charge in [-0.2, -0.15) is 0 Å². The van der Waals surface area contributed by atoms with Crippen LogP contribution in [0.15, 0.2) is 95.8 Å². The summed E-state index contributed by atoms with van der Waals surface area (Å²) in [6.07, 6.45) is -0.0381. The van der Waals surface area contributed by atoms with Crippen LogP contribution in [0.3, 0.4) is 0 Å². The SMILES string of the molecule is CN(CCN1CCC(OC(=O)Nc2ccccc2-c2ccccc2)CC1)C(=O)c1ccc(CNC[C@H](O)c2ccc(O)c3[nH]c(=O)ccc23)s1. The van der Waals surface area contributed by atoms with E-state index >= 15 is 0 Å². The number of hydrogen-bond donors (Lipinski definition) is 5. The Bertz CT molecular complexity index is 1990. The summed E-state index contributed by atoms with van der Waals surface area (Å²) in [6, 6.07) is 27.4. The van der Waals surface area contributed by atoms with E-state index in [1.54, 1.807) is 24.1 Å². The number of likely N-dealkylation sites (tertiary alicyclic amines) is 1. The largest absolute Gasteiger partial charge is 0.506 e. The van der Waals surface area contributed by atoms with Gasteiger partial charge >= 0.3 is 6.09 Å². The number of phenols is 1. The van der Waals surface area contributed by atoms with Gasteiger partial charge in [0.1, 0.15) is 11.9 Å². The van der Waals surface area contributed by atoms with E-state index in [-0.39, 0.29) is 29.9 Å². The van der Waals surface area contributed by atoms with Gasteiger partial charge in [0.05, 0.1) is 22.2 Å². The number of piperidine rings is 1. The third-order valence-electron chi connectivity index (χ3n) is 8.93. The highest BCUT2D eigenvalue weighted by atomic mass is 32.1. The summed E-state index contributed by atoms with van der Waals surface area (Å²) >= 11 is 1.41. The lowest BCUT2D eigenvalue weighted by Gasteiger charge is -2.32. The molecular formula is C38H41N5O6S. The number of nitrogens with one attached hydrogen (secondary N) is 3. The number of aromatic amines is 1. The molecule has 0 spiro atoms. The lowest BCUT2D eigenvalue weighted by atomic mass is 10.0. The third-order valence-corrected chi connectivity index (χ3v) is 10.0. The molecule has 1 atom stereocenters. The van der Waals surface area contributed by atoms with Gasteiger partial charge in [0, 0.05) is 68.2 Å². The zero-order valence-electron chi connectivity index (χ0n) is 27.8. The Morgan fingerprint density at radius 1 is 1.00 bits per heavy atom. The van der Waals surface area contributed by atoms with E-state index in [4.69, 9.17) is 4.74 Å². The Kier molecular flexibility index (Phi) is 11.2. The molecule has 0 bridgehead atoms. The standard InChI is InChI=1S/C38H41N5O6S/c1-42(21-22-43-19-17-26(18-20-43)49-38(48)40-31-10-6-5-9-28(31)25-7-3-2-4-8-25)37(47)34-15-11-27(50-34)23-39-24-33(45)29-12-14-32(44)36-30(29)13-16-35(46)41-36/h2-16,26,33,39,44-45H,17-24H2,1H3,(H,40,48)(H,41,46)/t33-/m0/s1. The number of rotatable bonds is 12. The Hall–Kier alpha value is -5.01. The summed E-state index contributed by atoms with van der Waals surface area (Å²) in [5.41, 5.74) is 3.22. The number of fused-ring (bicyclic) bond motifs is 1. The summed E-state index contributed by atoms with van der Waals surface area (Å²) in [5, 5.41) is 27.7. The number of aliphatic hydroxyl groups is 1. The quantitative estimate of drug-likeness (QED) is 0.114. The number of anilines is 1. The Morgan fingerprint density at radius 3 is 2.56 bits per heavy atom. The number of H-pyrrole nitrogens is 1. The molecule has 0 radical (unpaired) electrons. The van der Waals surface area contributed by atoms with Gasteiger partial charge in [0.2, 0.25) is 5.56 Å². The van der Waals surface area contributed by atoms with E-state index in [0.29, 0.717) is 40.1 Å². The van der Waals surface area contributed by atoms with Crippen molar-refractivity contribution in [3.8, 4) is 16.9 Å². The molecule has 0 aliphatic carbocycles. The first-order valence-electron chi connectivity index (χ1n) is 16.7. The monoisotopic (exact) mass is 695 g/mol. The maximum absolute atomic E-state index is 13.2. The van der Waals surface area contributed by atoms with Crippen LogP contribution in [0.25, 0.3) is 22.0 Å². The first kappa shape index (κ1) is 34.8. The number of carbonyl (C=O) groups is 2. The molecule has 0 unspecified atom stereocenters. The zero-order valence-corrected chi connectivity index (χ0v) is 28.6. The van der Waals surface area contributed by atoms with Crippen molar-refractivity contribution < 1.29 is 24.5 Å². The number of nitrogens with zero attached hydrogens (tertiary/aromatic N) is 2. The van der Waals surface area contributed by atoms with Crippen LogP contribution in [0.1, 0.15) is 39.1 Å². The van der Waals surface area contributed by atoms with Crippen molar-refractivity contribution in [1.29, 1.82) is 0 Å². The van der Waals surface area contributed by atoms with Gasteiger partial charge in [-0.3, -0.25) is 14.9 Å². The molecule has 1 fully saturated rings. The van der Waals surface area contributed by atoms with Crippen LogP contribution in [0.4, 0.5) is 10.5 Å². The Balaban J connectivity index is 0.911. The van der Waals surface area contributed by atoms with Crippen LogP contribution in [-0.4, -0.2) is 82.9 Å². The van der Waals surface area contributed by atoms with Crippen LogP contribution in [0, 0.1) is 0 Å². The second kappa shape index (κ2) is 16.1. The van der Waals surface area contributed by atoms with E-state index in [2.05, 4.69) is 20.5 Å². The average molecular weight is 696 g/mol. The zero-order chi connectivity index (χ0) is 35.0. The fourth-order valence-corrected chi connectivity index (χ4v) is 7.14. The van der Waals surface area contributed by atoms with Gasteiger partial charge in [0.15, 0.2) is 0 Å². The minimum Gasteiger partial charge on any atom is -0.506 e. The minimum absolute atomic E-state index is 0.0449. The van der Waals surface area contributed by atoms with Crippen LogP contribution in [-0.2, 0) is 11.3 Å². The van der Waals surface area contributed by atoms with Crippen molar-refractivity contribution in [2.24, 2.45) is 0 Å². The number of para-hydroxylation sites is 1. The van der Waals surface area contributed by atoms with Gasteiger partial charge < -0.3 is 35.1 Å². The lowest BCUT2D eigenvalue weighted by Crippen LogP contribution is -2.42. The molecule has 5 N–H and O–H groups in total. The molecule has 12 heteroatoms. The smallest absolute Gasteiger partial charge is 0.411 e. The number of pyridine rings is 1. The second-order valence-electron chi connectivity index (χ2n) is 12.4. The van der Waals surface area contributed by atoms with Crippen molar-refractivity contribution in [2.75, 3.05) is 45.1 Å². The highest BCUT2D eigenvalue weighted by Gasteiger charge is 2.24. The van der Waals surface area contributed by atoms with Gasteiger partial charge in [-0.1, -0.05) is 54.6 Å². The maximum Gasteiger partial charge on any atom is 0.411 e. The number of likely N-dealkylation sites (N-methyl/N-ethyl adjacent to an activating group) is 1. The molecule has 1 saturated heterocycles. The first-order chi connectivity index (χ1) is 24.2. The topological polar surface area (TPSA) is 147 Å². The fraction of sp³-hybridized carbons (Fsp3) is 0.289. The van der Waals surface area contributed by atoms with Gasteiger partial charge in [-0.15, -0.1) is 11.3 Å². The van der Waals surface area contributed by atoms with E-state index in [1.165, 1.54) is 23.5 Å². The number of ether oxygens (including phenoxy) is 1. The van der Waals surface area contributed by atoms with Crippen molar-refractivity contribution in [3.05, 3.63) is 117 Å². The number of benzene rings is 3. The van der Waals surface area contributed by atoms with E-state index in [9.17, 15) is 24.6 Å². The highest BCUT2D eigenvalue weighted by Crippen LogP contribution is 2.30. The van der Waals surface area contributed by atoms with Crippen LogP contribution >= 0.6 is 11.3 Å². The number of amides is 2. The molecule has 3 aromatic carbocycles. The van der Waals surface area contributed by atoms with Crippen molar-refractivity contribution in [1.82, 2.24) is 20.1 Å². The number of hydrogen-bond acceptors (Lipinski definition) is 9. The average Bonchev–Trinajstić information content (AvgIpc) is 3.60. The molecular weight excluding hydrogens is 655 g/mol. The molecule has 2 amide bonds. The predicted molar refractivity (Wildman–Crippen MR) is 196 cm³/mol. The summed E-state index contributed by atoms with van der Waals surface area (Å²) in [5.74, 6) is -0.100. The molecule has 50 heavy (non-hydrogen) atoms. The van der Waals surface area contributed by atoms with E-state index in [1.807, 2.05) is 66.7 Å². The number of aromatic hydroxyl groups is 1. The number of phenolic OH excluding ortho intramolecular Hbond substituents is 1. The summed E-state index contributed by atoms with van der Waals surface area (Å²) in [6.45, 7) is 3.57. The summed E-state index contributed by atoms with van der Waals surface area (Å²) in [7, 11) is 1.80. The molecule has 1 aliphatic rings. The van der Waals surface area contributed by atoms with Crippen molar-refractivity contribution in [2.45, 2.75) is 31.6 Å². The number of carbonyl (C=O) groups excluding carboxylic acids is 2. The molecule has 2 aromatic heterocycles. The normalized spacial score (nSPS) is 14.4. The Labute approximate surface area is 294 Å². The third kappa shape index (κ3) is 8.58. The van der Waals surface area contributed by atoms with Crippen LogP contribution < -0.4 is 16.2 Å². The second-order valence-corrected chi connectivity index (χ2v) is 13.6. The van der Waals surface area contributed by atoms with Crippen LogP contribution in [0.2, 0.25) is 0 Å². The molecule has 1 aliphatic heterocycles. The number of aromatic nitrogens is 1. The van der Waals surface area contributed by atoms with Crippen molar-refractivity contribution >= 4 is 39.9 Å². The molecule has 6 rings (SSSR count). The molecule has 5 aromatic rings. The van der Waals surface area contributed by atoms with Gasteiger partial charge in [0.25, 0.3) is 5.91 Å². The van der Waals surface area contributed by atoms with Crippen molar-refractivity contribution in [3.63, 3.8) is 0 Å². The van der Waals surface area contributed by atoms with Gasteiger partial charge in [-0.25, -0.2) is 4.79 Å². The maximum atomic E-state index is 13.2. The molecule has 11 nitrogen and oxygen atoms in total. The molecule has 3 heterocycles. The first-order valence-corrected chi connectivity index (χ1v) is 17.5. The number of aliphatic hydroxyl groups excluding tert-OH is 1. The molecule has 0 saturated carbocycles. The fourth-order valence-electron chi connectivity index (χ4n) is 6.16. The summed E-state index contributed by atoms with van der Waals surface area (Å²) in [4.78, 5) is 45.8. The lowest BCUT2D eigenvalue weighted by molar-refractivity contribution is 0.0541. The number of thiophene rings is 1. The highest BCUT2D eigenvalue weighted by molar-refractivity contribution is 7.14. The predicted octanol–water partition coefficient (Wildman–Crippen LogP) is 5.57. The van der Waals surface area contributed by atoms with Gasteiger partial charge in [-0.05, 0) is 54.3 Å². The van der Waals surface area contributed by atoms with Crippen LogP contribution in [0.5, 0.6) is 5.75 Å². The van der Waals surface area contributed by atoms with E-state index in [0.717, 1.165) is 48.5 Å². The van der Waals surface area contributed by atoms with E-state index < -0.39 is 12.2 Å². The Morgan fingerprint density at radius 2 is 1.76 bits per heavy atom. The molecule has 260 valence electrons. The summed E-state index contributed by atoms with van der Waals surface area (Å²) < 4.78 is 5.77. The minimum atomic E-state index is -0.868.